The monoisotopic (exact) mass is 355 g/mol. The van der Waals surface area contributed by atoms with Crippen molar-refractivity contribution >= 4 is 27.3 Å². The van der Waals surface area contributed by atoms with Crippen molar-refractivity contribution < 1.29 is 14.3 Å². The maximum absolute atomic E-state index is 12.2. The molecule has 0 aliphatic carbocycles. The van der Waals surface area contributed by atoms with Gasteiger partial charge in [0.25, 0.3) is 0 Å². The fourth-order valence-corrected chi connectivity index (χ4v) is 6.24. The summed E-state index contributed by atoms with van der Waals surface area (Å²) in [6, 6.07) is 9.42. The Bertz CT molecular complexity index is 512. The molecule has 1 fully saturated rings. The second-order valence-corrected chi connectivity index (χ2v) is 8.78. The fourth-order valence-electron chi connectivity index (χ4n) is 2.63. The Morgan fingerprint density at radius 3 is 2.38 bits per heavy atom. The molecule has 0 spiro atoms. The SMILES string of the molecule is COC(=O)[C@@H]1[C@@H](c2ccccc2)[Se][C@H](C(C)(C)C)N1C=O. The van der Waals surface area contributed by atoms with E-state index in [1.807, 2.05) is 30.3 Å². The number of methoxy groups -OCH3 is 1. The summed E-state index contributed by atoms with van der Waals surface area (Å²) in [5.41, 5.74) is 1.04. The molecule has 0 aromatic heterocycles. The Kier molecular flexibility index (Phi) is 4.74. The fraction of sp³-hybridized carbons (Fsp3) is 0.500. The molecule has 1 aromatic rings. The van der Waals surface area contributed by atoms with E-state index < -0.39 is 6.04 Å². The average Bonchev–Trinajstić information content (AvgIpc) is 2.86. The van der Waals surface area contributed by atoms with Gasteiger partial charge < -0.3 is 0 Å². The molecule has 21 heavy (non-hydrogen) atoms. The molecular formula is C16H21NO3Se. The molecule has 0 saturated carbocycles. The molecule has 0 bridgehead atoms. The number of carbonyl (C=O) groups excluding carboxylic acids is 2. The zero-order valence-electron chi connectivity index (χ0n) is 12.8. The minimum absolute atomic E-state index is 0.0422. The van der Waals surface area contributed by atoms with Crippen molar-refractivity contribution in [1.29, 1.82) is 0 Å². The number of benzene rings is 1. The second kappa shape index (κ2) is 6.20. The number of amides is 1. The average molecular weight is 354 g/mol. The maximum atomic E-state index is 12.2. The van der Waals surface area contributed by atoms with Gasteiger partial charge in [0.2, 0.25) is 0 Å². The molecule has 0 radical (unpaired) electrons. The van der Waals surface area contributed by atoms with Gasteiger partial charge in [0, 0.05) is 0 Å². The van der Waals surface area contributed by atoms with E-state index in [1.165, 1.54) is 7.11 Å². The van der Waals surface area contributed by atoms with Crippen LogP contribution in [0.1, 0.15) is 31.2 Å². The summed E-state index contributed by atoms with van der Waals surface area (Å²) in [5.74, 6) is -0.329. The molecule has 0 unspecified atom stereocenters. The van der Waals surface area contributed by atoms with Gasteiger partial charge in [-0.3, -0.25) is 0 Å². The third kappa shape index (κ3) is 3.14. The standard InChI is InChI=1S/C16H21NO3Se/c1-16(2,3)15-17(10-18)12(14(19)20-4)13(21-15)11-8-6-5-7-9-11/h5-10,12-13,15H,1-4H3/t12-,13+,15+/m0/s1. The number of esters is 1. The van der Waals surface area contributed by atoms with Crippen LogP contribution in [-0.2, 0) is 14.3 Å². The number of hydrogen-bond acceptors (Lipinski definition) is 3. The number of carbonyl (C=O) groups is 2. The van der Waals surface area contributed by atoms with E-state index in [-0.39, 0.29) is 36.1 Å². The predicted octanol–water partition coefficient (Wildman–Crippen LogP) is 1.82. The number of hydrogen-bond donors (Lipinski definition) is 0. The summed E-state index contributed by atoms with van der Waals surface area (Å²) in [6.45, 7) is 6.33. The van der Waals surface area contributed by atoms with Crippen LogP contribution < -0.4 is 0 Å². The van der Waals surface area contributed by atoms with Crippen LogP contribution in [0.25, 0.3) is 0 Å². The van der Waals surface area contributed by atoms with E-state index in [9.17, 15) is 9.59 Å². The van der Waals surface area contributed by atoms with Crippen molar-refractivity contribution in [1.82, 2.24) is 4.90 Å². The molecule has 114 valence electrons. The van der Waals surface area contributed by atoms with E-state index in [1.54, 1.807) is 4.90 Å². The summed E-state index contributed by atoms with van der Waals surface area (Å²) in [6.07, 6.45) is 0.808. The van der Waals surface area contributed by atoms with Crippen molar-refractivity contribution in [2.24, 2.45) is 5.41 Å². The second-order valence-electron chi connectivity index (χ2n) is 6.21. The molecule has 2 rings (SSSR count). The molecular weight excluding hydrogens is 333 g/mol. The van der Waals surface area contributed by atoms with E-state index in [2.05, 4.69) is 20.8 Å². The summed E-state index contributed by atoms with van der Waals surface area (Å²) < 4.78 is 4.95. The van der Waals surface area contributed by atoms with Gasteiger partial charge in [-0.05, 0) is 0 Å². The van der Waals surface area contributed by atoms with Crippen LogP contribution in [0.3, 0.4) is 0 Å². The van der Waals surface area contributed by atoms with Crippen molar-refractivity contribution in [3.05, 3.63) is 35.9 Å². The Labute approximate surface area is 132 Å². The molecule has 3 atom stereocenters. The van der Waals surface area contributed by atoms with E-state index in [0.29, 0.717) is 0 Å². The number of nitrogens with zero attached hydrogens (tertiary/aromatic N) is 1. The van der Waals surface area contributed by atoms with Gasteiger partial charge in [-0.2, -0.15) is 0 Å². The third-order valence-electron chi connectivity index (χ3n) is 3.59. The first-order valence-corrected chi connectivity index (χ1v) is 8.89. The van der Waals surface area contributed by atoms with Crippen LogP contribution >= 0.6 is 0 Å². The van der Waals surface area contributed by atoms with E-state index in [0.717, 1.165) is 12.0 Å². The third-order valence-corrected chi connectivity index (χ3v) is 7.85. The summed E-state index contributed by atoms with van der Waals surface area (Å²) in [7, 11) is 1.38. The summed E-state index contributed by atoms with van der Waals surface area (Å²) in [5, 5.41) is 0. The van der Waals surface area contributed by atoms with Crippen molar-refractivity contribution in [3.63, 3.8) is 0 Å². The molecule has 1 amide bonds. The first-order chi connectivity index (χ1) is 9.90. The van der Waals surface area contributed by atoms with Gasteiger partial charge in [-0.1, -0.05) is 0 Å². The first kappa shape index (κ1) is 16.1. The zero-order chi connectivity index (χ0) is 15.6. The predicted molar refractivity (Wildman–Crippen MR) is 81.9 cm³/mol. The van der Waals surface area contributed by atoms with Gasteiger partial charge in [0.1, 0.15) is 0 Å². The molecule has 1 aliphatic rings. The topological polar surface area (TPSA) is 46.6 Å². The molecule has 0 N–H and O–H groups in total. The number of rotatable bonds is 3. The molecule has 1 aromatic carbocycles. The Morgan fingerprint density at radius 2 is 1.90 bits per heavy atom. The van der Waals surface area contributed by atoms with Crippen LogP contribution in [0.4, 0.5) is 0 Å². The van der Waals surface area contributed by atoms with Crippen molar-refractivity contribution in [2.75, 3.05) is 7.11 Å². The quantitative estimate of drug-likeness (QED) is 0.473. The molecule has 5 heteroatoms. The van der Waals surface area contributed by atoms with Crippen molar-refractivity contribution in [2.45, 2.75) is 36.6 Å². The molecule has 1 aliphatic heterocycles. The van der Waals surface area contributed by atoms with Gasteiger partial charge in [-0.15, -0.1) is 0 Å². The van der Waals surface area contributed by atoms with Crippen LogP contribution in [-0.4, -0.2) is 50.3 Å². The zero-order valence-corrected chi connectivity index (χ0v) is 14.5. The number of ether oxygens (including phenoxy) is 1. The summed E-state index contributed by atoms with van der Waals surface area (Å²) in [4.78, 5) is 25.6. The summed E-state index contributed by atoms with van der Waals surface area (Å²) >= 11 is 0.110. The molecule has 4 nitrogen and oxygen atoms in total. The van der Waals surface area contributed by atoms with Crippen molar-refractivity contribution in [3.8, 4) is 0 Å². The van der Waals surface area contributed by atoms with Gasteiger partial charge in [-0.25, -0.2) is 0 Å². The van der Waals surface area contributed by atoms with Gasteiger partial charge in [0.05, 0.1) is 0 Å². The minimum atomic E-state index is -0.515. The Hall–Kier alpha value is -1.32. The van der Waals surface area contributed by atoms with Gasteiger partial charge >= 0.3 is 132 Å². The van der Waals surface area contributed by atoms with Crippen LogP contribution in [0.5, 0.6) is 0 Å². The van der Waals surface area contributed by atoms with Crippen LogP contribution in [0.2, 0.25) is 0 Å². The van der Waals surface area contributed by atoms with Gasteiger partial charge in [0.15, 0.2) is 0 Å². The van der Waals surface area contributed by atoms with E-state index >= 15 is 0 Å². The van der Waals surface area contributed by atoms with E-state index in [4.69, 9.17) is 4.74 Å². The molecule has 1 heterocycles. The Morgan fingerprint density at radius 1 is 1.29 bits per heavy atom. The molecule has 1 saturated heterocycles. The first-order valence-electron chi connectivity index (χ1n) is 6.91. The van der Waals surface area contributed by atoms with Crippen LogP contribution in [0.15, 0.2) is 30.3 Å². The van der Waals surface area contributed by atoms with Crippen LogP contribution in [0, 0.1) is 5.41 Å². The normalized spacial score (nSPS) is 25.7. The Balaban J connectivity index is 2.43.